The lowest BCUT2D eigenvalue weighted by atomic mass is 9.94. The number of aromatic amines is 2. The largest absolute Gasteiger partial charge is 0.494 e. The molecule has 5 aromatic rings. The van der Waals surface area contributed by atoms with Crippen LogP contribution < -0.4 is 20.6 Å². The number of benzene rings is 2. The number of hydrogen-bond acceptors (Lipinski definition) is 10. The molecule has 16 heteroatoms. The van der Waals surface area contributed by atoms with Crippen LogP contribution in [0.5, 0.6) is 11.5 Å². The van der Waals surface area contributed by atoms with Gasteiger partial charge < -0.3 is 29.2 Å². The van der Waals surface area contributed by atoms with Crippen LogP contribution in [0, 0.1) is 0 Å². The fourth-order valence-corrected chi connectivity index (χ4v) is 9.03. The van der Waals surface area contributed by atoms with Gasteiger partial charge in [-0.3, -0.25) is 19.1 Å². The molecule has 15 nitrogen and oxygen atoms in total. The van der Waals surface area contributed by atoms with Gasteiger partial charge in [-0.2, -0.15) is 9.40 Å². The summed E-state index contributed by atoms with van der Waals surface area (Å²) in [6.45, 7) is 6.99. The summed E-state index contributed by atoms with van der Waals surface area (Å²) in [5.41, 5.74) is 2.43. The number of carbonyl (C=O) groups is 1. The molecule has 3 aromatic heterocycles. The van der Waals surface area contributed by atoms with Crippen molar-refractivity contribution in [1.29, 1.82) is 0 Å². The van der Waals surface area contributed by atoms with E-state index in [1.54, 1.807) is 31.3 Å². The van der Waals surface area contributed by atoms with Crippen LogP contribution in [0.4, 0.5) is 0 Å². The molecule has 1 amide bonds. The number of H-pyrrole nitrogens is 2. The predicted octanol–water partition coefficient (Wildman–Crippen LogP) is 5.09. The smallest absolute Gasteiger partial charge is 0.277 e. The molecule has 0 bridgehead atoms. The van der Waals surface area contributed by atoms with E-state index in [2.05, 4.69) is 20.0 Å². The van der Waals surface area contributed by atoms with Crippen molar-refractivity contribution < 1.29 is 22.7 Å². The second kappa shape index (κ2) is 19.1. The van der Waals surface area contributed by atoms with E-state index in [0.29, 0.717) is 87.0 Å². The van der Waals surface area contributed by atoms with Crippen molar-refractivity contribution in [1.82, 2.24) is 38.8 Å². The first-order valence-electron chi connectivity index (χ1n) is 20.3. The third-order valence-electron chi connectivity index (χ3n) is 10.9. The third kappa shape index (κ3) is 9.96. The second-order valence-electron chi connectivity index (χ2n) is 15.1. The molecule has 2 N–H and O–H groups in total. The number of aromatic nitrogens is 5. The van der Waals surface area contributed by atoms with Crippen LogP contribution in [0.3, 0.4) is 0 Å². The molecule has 2 aromatic carbocycles. The van der Waals surface area contributed by atoms with E-state index in [1.807, 2.05) is 51.0 Å². The summed E-state index contributed by atoms with van der Waals surface area (Å²) in [7, 11) is 1.93. The summed E-state index contributed by atoms with van der Waals surface area (Å²) in [4.78, 5) is 51.0. The van der Waals surface area contributed by atoms with E-state index in [-0.39, 0.29) is 27.7 Å². The minimum absolute atomic E-state index is 0.109. The summed E-state index contributed by atoms with van der Waals surface area (Å²) in [5, 5.41) is 5.39. The molecule has 1 saturated carbocycles. The first-order valence-corrected chi connectivity index (χ1v) is 21.8. The van der Waals surface area contributed by atoms with E-state index in [0.717, 1.165) is 41.6 Å². The number of nitrogens with one attached hydrogen (secondary N) is 2. The van der Waals surface area contributed by atoms with E-state index < -0.39 is 10.0 Å². The summed E-state index contributed by atoms with van der Waals surface area (Å²) in [6.07, 6.45) is 8.81. The fraction of sp³-hybridized carbons (Fsp3) is 0.500. The highest BCUT2D eigenvalue weighted by molar-refractivity contribution is 7.89. The quantitative estimate of drug-likeness (QED) is 0.152. The van der Waals surface area contributed by atoms with Gasteiger partial charge in [0.15, 0.2) is 5.52 Å². The first-order chi connectivity index (χ1) is 27.9. The molecule has 1 aliphatic carbocycles. The SMILES string of the molecule is CCCc1nn(C)c2c(=O)[nH]c(-c3cc(S(=O)(=O)N4CCN(C)CC4)ccc3OCC)nc12.CN(C(=O)CCCOc1ccc2[nH]c(=O)ccc2c1)C1CCCCC1. The molecule has 0 atom stereocenters. The Morgan fingerprint density at radius 1 is 0.931 bits per heavy atom. The maximum Gasteiger partial charge on any atom is 0.277 e. The molecule has 0 unspecified atom stereocenters. The van der Waals surface area contributed by atoms with Gasteiger partial charge in [0.1, 0.15) is 22.8 Å². The zero-order chi connectivity index (χ0) is 41.4. The monoisotopic (exact) mass is 816 g/mol. The fourth-order valence-electron chi connectivity index (χ4n) is 7.58. The van der Waals surface area contributed by atoms with Gasteiger partial charge in [-0.1, -0.05) is 32.6 Å². The van der Waals surface area contributed by atoms with Gasteiger partial charge in [0, 0.05) is 69.7 Å². The van der Waals surface area contributed by atoms with Crippen molar-refractivity contribution in [3.05, 3.63) is 74.9 Å². The summed E-state index contributed by atoms with van der Waals surface area (Å²) < 4.78 is 41.2. The highest BCUT2D eigenvalue weighted by atomic mass is 32.2. The highest BCUT2D eigenvalue weighted by Gasteiger charge is 2.29. The molecule has 1 aliphatic heterocycles. The number of aryl methyl sites for hydroxylation is 2. The molecule has 2 aliphatic rings. The number of amides is 1. The molecular weight excluding hydrogens is 761 g/mol. The van der Waals surface area contributed by atoms with E-state index >= 15 is 0 Å². The Morgan fingerprint density at radius 3 is 2.41 bits per heavy atom. The average molecular weight is 817 g/mol. The molecule has 7 rings (SSSR count). The lowest BCUT2D eigenvalue weighted by Gasteiger charge is -2.31. The van der Waals surface area contributed by atoms with Gasteiger partial charge in [-0.05, 0) is 82.1 Å². The topological polar surface area (TPSA) is 176 Å². The van der Waals surface area contributed by atoms with Gasteiger partial charge in [0.05, 0.1) is 29.4 Å². The van der Waals surface area contributed by atoms with E-state index in [9.17, 15) is 22.8 Å². The van der Waals surface area contributed by atoms with Gasteiger partial charge >= 0.3 is 0 Å². The Morgan fingerprint density at radius 2 is 1.69 bits per heavy atom. The van der Waals surface area contributed by atoms with Crippen molar-refractivity contribution >= 4 is 37.9 Å². The molecule has 2 fully saturated rings. The van der Waals surface area contributed by atoms with Crippen molar-refractivity contribution in [2.24, 2.45) is 7.05 Å². The number of pyridine rings is 1. The molecule has 4 heterocycles. The minimum atomic E-state index is -3.70. The number of carbonyl (C=O) groups excluding carboxylic acids is 1. The average Bonchev–Trinajstić information content (AvgIpc) is 3.54. The van der Waals surface area contributed by atoms with Crippen LogP contribution in [-0.2, 0) is 28.3 Å². The standard InChI is InChI=1S/C22H30N6O4S.C20H26N2O3/c1-5-7-17-19-20(27(4)25-17)22(29)24-21(23-19)16-14-15(8-9-18(16)32-6-2)33(30,31)28-12-10-26(3)11-13-28;1-22(16-6-3-2-4-7-16)20(24)8-5-13-25-17-10-11-18-15(14-17)9-12-19(23)21-18/h8-9,14H,5-7,10-13H2,1-4H3,(H,23,24,29);9-12,14,16H,2-8,13H2,1H3,(H,21,23). The zero-order valence-corrected chi connectivity index (χ0v) is 35.1. The summed E-state index contributed by atoms with van der Waals surface area (Å²) in [6, 6.07) is 14.0. The highest BCUT2D eigenvalue weighted by Crippen LogP contribution is 2.32. The number of nitrogens with zero attached hydrogens (tertiary/aromatic N) is 6. The first kappa shape index (κ1) is 42.5. The van der Waals surface area contributed by atoms with E-state index in [4.69, 9.17) is 14.5 Å². The van der Waals surface area contributed by atoms with Crippen LogP contribution in [0.1, 0.15) is 70.9 Å². The van der Waals surface area contributed by atoms with Crippen molar-refractivity contribution in [2.45, 2.75) is 82.6 Å². The van der Waals surface area contributed by atoms with Gasteiger partial charge in [-0.15, -0.1) is 0 Å². The normalized spacial score (nSPS) is 15.6. The summed E-state index contributed by atoms with van der Waals surface area (Å²) >= 11 is 0. The Bertz CT molecular complexity index is 2430. The lowest BCUT2D eigenvalue weighted by molar-refractivity contribution is -0.132. The van der Waals surface area contributed by atoms with Crippen LogP contribution in [0.25, 0.3) is 33.3 Å². The van der Waals surface area contributed by atoms with Crippen LogP contribution in [-0.4, -0.2) is 113 Å². The Labute approximate surface area is 339 Å². The van der Waals surface area contributed by atoms with Crippen molar-refractivity contribution in [2.75, 3.05) is 53.5 Å². The zero-order valence-electron chi connectivity index (χ0n) is 34.3. The number of fused-ring (bicyclic) bond motifs is 2. The Hall–Kier alpha value is -5.06. The van der Waals surface area contributed by atoms with Crippen molar-refractivity contribution in [3.8, 4) is 22.9 Å². The second-order valence-corrected chi connectivity index (χ2v) is 17.0. The molecule has 0 spiro atoms. The third-order valence-corrected chi connectivity index (χ3v) is 12.8. The number of piperazine rings is 1. The minimum Gasteiger partial charge on any atom is -0.494 e. The lowest BCUT2D eigenvalue weighted by Crippen LogP contribution is -2.47. The maximum atomic E-state index is 13.3. The Kier molecular flexibility index (Phi) is 14.0. The molecule has 0 radical (unpaired) electrons. The predicted molar refractivity (Wildman–Crippen MR) is 225 cm³/mol. The Balaban J connectivity index is 0.000000203. The number of hydrogen-bond donors (Lipinski definition) is 2. The number of ether oxygens (including phenoxy) is 2. The molecule has 312 valence electrons. The molecule has 58 heavy (non-hydrogen) atoms. The summed E-state index contributed by atoms with van der Waals surface area (Å²) in [5.74, 6) is 1.69. The molecular formula is C42H56N8O7S. The van der Waals surface area contributed by atoms with Gasteiger partial charge in [0.25, 0.3) is 5.56 Å². The number of rotatable bonds is 13. The van der Waals surface area contributed by atoms with Crippen LogP contribution in [0.2, 0.25) is 0 Å². The number of likely N-dealkylation sites (N-methyl/N-ethyl adjacent to an activating group) is 1. The maximum absolute atomic E-state index is 13.3. The number of sulfonamides is 1. The van der Waals surface area contributed by atoms with Crippen LogP contribution >= 0.6 is 0 Å². The van der Waals surface area contributed by atoms with Crippen molar-refractivity contribution in [3.63, 3.8) is 0 Å². The van der Waals surface area contributed by atoms with Gasteiger partial charge in [-0.25, -0.2) is 13.4 Å². The van der Waals surface area contributed by atoms with Crippen LogP contribution in [0.15, 0.2) is 63.0 Å². The molecule has 1 saturated heterocycles. The van der Waals surface area contributed by atoms with E-state index in [1.165, 1.54) is 34.3 Å². The van der Waals surface area contributed by atoms with Gasteiger partial charge in [0.2, 0.25) is 21.5 Å².